The molecule has 2 heteroatoms. The van der Waals surface area contributed by atoms with Crippen molar-refractivity contribution in [1.82, 2.24) is 5.32 Å². The highest BCUT2D eigenvalue weighted by Crippen LogP contribution is 2.06. The normalized spacial score (nSPS) is 15.5. The first-order valence-corrected chi connectivity index (χ1v) is 4.27. The van der Waals surface area contributed by atoms with Crippen molar-refractivity contribution in [2.24, 2.45) is 5.92 Å². The highest BCUT2D eigenvalue weighted by molar-refractivity contribution is 4.72. The predicted molar refractivity (Wildman–Crippen MR) is 48.4 cm³/mol. The van der Waals surface area contributed by atoms with Crippen molar-refractivity contribution in [3.63, 3.8) is 0 Å². The van der Waals surface area contributed by atoms with Crippen molar-refractivity contribution < 1.29 is 5.11 Å². The number of hydrogen-bond donors (Lipinski definition) is 2. The summed E-state index contributed by atoms with van der Waals surface area (Å²) in [6.45, 7) is 10.4. The maximum absolute atomic E-state index is 9.44. The smallest absolute Gasteiger partial charge is 0.105 e. The number of aliphatic hydroxyl groups excluding tert-OH is 1. The topological polar surface area (TPSA) is 32.3 Å². The van der Waals surface area contributed by atoms with Crippen LogP contribution in [0.3, 0.4) is 0 Å². The van der Waals surface area contributed by atoms with Crippen LogP contribution in [0.4, 0.5) is 0 Å². The van der Waals surface area contributed by atoms with Gasteiger partial charge in [0.05, 0.1) is 0 Å². The Hall–Kier alpha value is -0.0800. The molecule has 0 spiro atoms. The molecule has 0 aliphatic rings. The van der Waals surface area contributed by atoms with Gasteiger partial charge in [0.15, 0.2) is 0 Å². The van der Waals surface area contributed by atoms with Crippen LogP contribution in [-0.2, 0) is 0 Å². The Morgan fingerprint density at radius 2 is 1.73 bits per heavy atom. The second kappa shape index (κ2) is 4.07. The second-order valence-electron chi connectivity index (χ2n) is 4.54. The van der Waals surface area contributed by atoms with Crippen LogP contribution in [0.25, 0.3) is 0 Å². The third-order valence-electron chi connectivity index (χ3n) is 1.29. The Bertz CT molecular complexity index is 105. The summed E-state index contributed by atoms with van der Waals surface area (Å²) < 4.78 is 0. The van der Waals surface area contributed by atoms with Crippen molar-refractivity contribution in [2.75, 3.05) is 0 Å². The first kappa shape index (κ1) is 10.9. The van der Waals surface area contributed by atoms with E-state index >= 15 is 0 Å². The molecule has 0 heterocycles. The largest absolute Gasteiger partial charge is 0.379 e. The van der Waals surface area contributed by atoms with Crippen LogP contribution in [0.15, 0.2) is 0 Å². The molecule has 0 amide bonds. The third kappa shape index (κ3) is 7.82. The lowest BCUT2D eigenvalue weighted by molar-refractivity contribution is 0.0859. The summed E-state index contributed by atoms with van der Waals surface area (Å²) in [4.78, 5) is 0. The molecule has 0 aliphatic carbocycles. The quantitative estimate of drug-likeness (QED) is 0.615. The van der Waals surface area contributed by atoms with Crippen LogP contribution in [0, 0.1) is 5.92 Å². The molecule has 0 aliphatic heterocycles. The van der Waals surface area contributed by atoms with E-state index in [2.05, 4.69) is 39.9 Å². The number of nitrogens with one attached hydrogen (secondary N) is 1. The highest BCUT2D eigenvalue weighted by Gasteiger charge is 2.15. The number of hydrogen-bond acceptors (Lipinski definition) is 2. The van der Waals surface area contributed by atoms with E-state index in [0.29, 0.717) is 5.92 Å². The maximum Gasteiger partial charge on any atom is 0.105 e. The van der Waals surface area contributed by atoms with E-state index in [4.69, 9.17) is 0 Å². The fraction of sp³-hybridized carbons (Fsp3) is 1.00. The molecule has 0 rings (SSSR count). The summed E-state index contributed by atoms with van der Waals surface area (Å²) in [5, 5.41) is 12.6. The van der Waals surface area contributed by atoms with Crippen molar-refractivity contribution in [2.45, 2.75) is 52.8 Å². The summed E-state index contributed by atoms with van der Waals surface area (Å²) in [6.07, 6.45) is 0.451. The summed E-state index contributed by atoms with van der Waals surface area (Å²) in [5.74, 6) is 0.542. The van der Waals surface area contributed by atoms with Crippen molar-refractivity contribution in [3.8, 4) is 0 Å². The third-order valence-corrected chi connectivity index (χ3v) is 1.29. The molecule has 11 heavy (non-hydrogen) atoms. The van der Waals surface area contributed by atoms with Gasteiger partial charge in [-0.2, -0.15) is 0 Å². The van der Waals surface area contributed by atoms with E-state index in [-0.39, 0.29) is 11.8 Å². The second-order valence-corrected chi connectivity index (χ2v) is 4.54. The molecule has 0 saturated carbocycles. The fourth-order valence-electron chi connectivity index (χ4n) is 1.01. The van der Waals surface area contributed by atoms with Gasteiger partial charge in [-0.25, -0.2) is 0 Å². The van der Waals surface area contributed by atoms with E-state index in [1.807, 2.05) is 0 Å². The van der Waals surface area contributed by atoms with Crippen molar-refractivity contribution >= 4 is 0 Å². The van der Waals surface area contributed by atoms with Gasteiger partial charge < -0.3 is 5.11 Å². The molecule has 0 aromatic heterocycles. The minimum Gasteiger partial charge on any atom is -0.379 e. The molecule has 0 fully saturated rings. The molecule has 68 valence electrons. The van der Waals surface area contributed by atoms with Gasteiger partial charge in [0.25, 0.3) is 0 Å². The summed E-state index contributed by atoms with van der Waals surface area (Å²) in [6, 6.07) is 0. The average Bonchev–Trinajstić information content (AvgIpc) is 1.53. The monoisotopic (exact) mass is 159 g/mol. The van der Waals surface area contributed by atoms with Crippen molar-refractivity contribution in [1.29, 1.82) is 0 Å². The molecular formula is C9H21NO. The molecule has 2 N–H and O–H groups in total. The van der Waals surface area contributed by atoms with Crippen LogP contribution in [0.2, 0.25) is 0 Å². The summed E-state index contributed by atoms with van der Waals surface area (Å²) in [5.41, 5.74) is 0.00824. The zero-order chi connectivity index (χ0) is 9.07. The first-order chi connectivity index (χ1) is 4.81. The number of aliphatic hydroxyl groups is 1. The van der Waals surface area contributed by atoms with Gasteiger partial charge in [-0.05, 0) is 33.1 Å². The lowest BCUT2D eigenvalue weighted by Crippen LogP contribution is -2.44. The Morgan fingerprint density at radius 3 is 2.00 bits per heavy atom. The Labute approximate surface area is 70.0 Å². The van der Waals surface area contributed by atoms with Gasteiger partial charge in [-0.1, -0.05) is 13.8 Å². The van der Waals surface area contributed by atoms with Crippen LogP contribution in [-0.4, -0.2) is 16.9 Å². The van der Waals surface area contributed by atoms with E-state index < -0.39 is 0 Å². The van der Waals surface area contributed by atoms with Crippen LogP contribution in [0.1, 0.15) is 41.0 Å². The molecular weight excluding hydrogens is 138 g/mol. The van der Waals surface area contributed by atoms with Gasteiger partial charge in [0, 0.05) is 5.54 Å². The van der Waals surface area contributed by atoms with Crippen LogP contribution < -0.4 is 5.32 Å². The van der Waals surface area contributed by atoms with E-state index in [1.54, 1.807) is 0 Å². The van der Waals surface area contributed by atoms with Gasteiger partial charge in [0.2, 0.25) is 0 Å². The Balaban J connectivity index is 3.61. The molecule has 1 unspecified atom stereocenters. The summed E-state index contributed by atoms with van der Waals surface area (Å²) in [7, 11) is 0. The zero-order valence-electron chi connectivity index (χ0n) is 8.31. The van der Waals surface area contributed by atoms with Gasteiger partial charge in [0.1, 0.15) is 6.23 Å². The number of rotatable bonds is 3. The standard InChI is InChI=1S/C9H21NO/c1-7(2)6-8(11)10-9(3,4)5/h7-8,10-11H,6H2,1-5H3. The van der Waals surface area contributed by atoms with E-state index in [1.165, 1.54) is 0 Å². The predicted octanol–water partition coefficient (Wildman–Crippen LogP) is 1.74. The SMILES string of the molecule is CC(C)CC(O)NC(C)(C)C. The molecule has 1 atom stereocenters. The summed E-state index contributed by atoms with van der Waals surface area (Å²) >= 11 is 0. The average molecular weight is 159 g/mol. The van der Waals surface area contributed by atoms with Crippen molar-refractivity contribution in [3.05, 3.63) is 0 Å². The molecule has 0 aromatic carbocycles. The Morgan fingerprint density at radius 1 is 1.27 bits per heavy atom. The minimum atomic E-state index is -0.366. The highest BCUT2D eigenvalue weighted by atomic mass is 16.3. The van der Waals surface area contributed by atoms with E-state index in [0.717, 1.165) is 6.42 Å². The van der Waals surface area contributed by atoms with Gasteiger partial charge >= 0.3 is 0 Å². The Kier molecular flexibility index (Phi) is 4.04. The lowest BCUT2D eigenvalue weighted by Gasteiger charge is -2.25. The molecule has 0 aromatic rings. The molecule has 0 radical (unpaired) electrons. The molecule has 0 bridgehead atoms. The van der Waals surface area contributed by atoms with Gasteiger partial charge in [-0.3, -0.25) is 5.32 Å². The first-order valence-electron chi connectivity index (χ1n) is 4.27. The maximum atomic E-state index is 9.44. The molecule has 0 saturated heterocycles. The molecule has 2 nitrogen and oxygen atoms in total. The fourth-order valence-corrected chi connectivity index (χ4v) is 1.01. The minimum absolute atomic E-state index is 0.00824. The van der Waals surface area contributed by atoms with E-state index in [9.17, 15) is 5.11 Å². The van der Waals surface area contributed by atoms with Crippen LogP contribution >= 0.6 is 0 Å². The van der Waals surface area contributed by atoms with Gasteiger partial charge in [-0.15, -0.1) is 0 Å². The zero-order valence-corrected chi connectivity index (χ0v) is 8.31. The van der Waals surface area contributed by atoms with Crippen LogP contribution in [0.5, 0.6) is 0 Å². The lowest BCUT2D eigenvalue weighted by atomic mass is 10.1.